The van der Waals surface area contributed by atoms with Crippen molar-refractivity contribution < 1.29 is 9.47 Å². The Labute approximate surface area is 149 Å². The third-order valence-electron chi connectivity index (χ3n) is 3.63. The number of hydrogen-bond acceptors (Lipinski definition) is 5. The van der Waals surface area contributed by atoms with Gasteiger partial charge in [-0.1, -0.05) is 12.1 Å². The number of hydrazone groups is 1. The van der Waals surface area contributed by atoms with Crippen molar-refractivity contribution >= 4 is 23.5 Å². The highest BCUT2D eigenvalue weighted by molar-refractivity contribution is 7.80. The third-order valence-corrected chi connectivity index (χ3v) is 3.86. The van der Waals surface area contributed by atoms with Crippen LogP contribution in [-0.4, -0.2) is 62.2 Å². The summed E-state index contributed by atoms with van der Waals surface area (Å²) in [4.78, 5) is 2.41. The van der Waals surface area contributed by atoms with Crippen LogP contribution in [0.5, 0.6) is 5.75 Å². The lowest BCUT2D eigenvalue weighted by Gasteiger charge is -2.26. The molecule has 1 aliphatic heterocycles. The van der Waals surface area contributed by atoms with E-state index in [2.05, 4.69) is 20.7 Å². The van der Waals surface area contributed by atoms with E-state index in [9.17, 15) is 0 Å². The first-order valence-electron chi connectivity index (χ1n) is 8.38. The van der Waals surface area contributed by atoms with Gasteiger partial charge in [0.05, 0.1) is 26.0 Å². The van der Waals surface area contributed by atoms with Gasteiger partial charge in [0.2, 0.25) is 0 Å². The summed E-state index contributed by atoms with van der Waals surface area (Å²) >= 11 is 5.22. The molecule has 1 aromatic carbocycles. The Morgan fingerprint density at radius 2 is 2.17 bits per heavy atom. The van der Waals surface area contributed by atoms with Gasteiger partial charge in [-0.3, -0.25) is 10.3 Å². The second-order valence-electron chi connectivity index (χ2n) is 5.40. The summed E-state index contributed by atoms with van der Waals surface area (Å²) in [5, 5.41) is 7.86. The molecule has 0 aliphatic carbocycles. The maximum Gasteiger partial charge on any atom is 0.186 e. The molecule has 0 aromatic heterocycles. The first-order chi connectivity index (χ1) is 11.8. The van der Waals surface area contributed by atoms with Crippen LogP contribution in [0, 0.1) is 0 Å². The summed E-state index contributed by atoms with van der Waals surface area (Å²) in [5.41, 5.74) is 3.76. The normalized spacial score (nSPS) is 15.4. The predicted molar refractivity (Wildman–Crippen MR) is 101 cm³/mol. The first-order valence-corrected chi connectivity index (χ1v) is 8.79. The smallest absolute Gasteiger partial charge is 0.186 e. The highest BCUT2D eigenvalue weighted by Crippen LogP contribution is 2.15. The van der Waals surface area contributed by atoms with E-state index in [0.717, 1.165) is 57.1 Å². The number of thiocarbonyl (C=S) groups is 1. The Morgan fingerprint density at radius 3 is 2.96 bits per heavy atom. The maximum absolute atomic E-state index is 5.55. The minimum atomic E-state index is 0.530. The van der Waals surface area contributed by atoms with E-state index in [4.69, 9.17) is 21.7 Å². The molecule has 6 nitrogen and oxygen atoms in total. The highest BCUT2D eigenvalue weighted by atomic mass is 32.1. The largest absolute Gasteiger partial charge is 0.493 e. The molecule has 1 fully saturated rings. The zero-order valence-electron chi connectivity index (χ0n) is 14.2. The second-order valence-corrected chi connectivity index (χ2v) is 5.81. The number of benzene rings is 1. The number of nitrogens with zero attached hydrogens (tertiary/aromatic N) is 2. The van der Waals surface area contributed by atoms with Crippen LogP contribution in [0.2, 0.25) is 0 Å². The van der Waals surface area contributed by atoms with E-state index in [1.807, 2.05) is 31.2 Å². The van der Waals surface area contributed by atoms with Crippen molar-refractivity contribution in [3.63, 3.8) is 0 Å². The Morgan fingerprint density at radius 1 is 1.38 bits per heavy atom. The van der Waals surface area contributed by atoms with Crippen molar-refractivity contribution in [3.8, 4) is 5.75 Å². The lowest BCUT2D eigenvalue weighted by Crippen LogP contribution is -2.39. The van der Waals surface area contributed by atoms with Crippen LogP contribution >= 0.6 is 12.2 Å². The van der Waals surface area contributed by atoms with Crippen LogP contribution < -0.4 is 15.5 Å². The molecule has 1 heterocycles. The molecule has 1 saturated heterocycles. The number of para-hydroxylation sites is 1. The van der Waals surface area contributed by atoms with Crippen LogP contribution in [0.1, 0.15) is 18.9 Å². The Balaban J connectivity index is 1.63. The van der Waals surface area contributed by atoms with E-state index in [-0.39, 0.29) is 0 Å². The summed E-state index contributed by atoms with van der Waals surface area (Å²) in [7, 11) is 0. The van der Waals surface area contributed by atoms with E-state index in [0.29, 0.717) is 11.7 Å². The number of ether oxygens (including phenoxy) is 2. The van der Waals surface area contributed by atoms with Gasteiger partial charge in [0.15, 0.2) is 5.11 Å². The van der Waals surface area contributed by atoms with E-state index >= 15 is 0 Å². The van der Waals surface area contributed by atoms with Gasteiger partial charge in [-0.05, 0) is 44.2 Å². The molecule has 24 heavy (non-hydrogen) atoms. The summed E-state index contributed by atoms with van der Waals surface area (Å²) in [5.74, 6) is 0.815. The molecule has 0 atom stereocenters. The summed E-state index contributed by atoms with van der Waals surface area (Å²) in [6, 6.07) is 7.77. The summed E-state index contributed by atoms with van der Waals surface area (Å²) in [6.07, 6.45) is 2.76. The van der Waals surface area contributed by atoms with E-state index in [1.54, 1.807) is 6.21 Å². The third kappa shape index (κ3) is 6.82. The standard InChI is InChI=1S/C17H26N4O2S/c1-2-23-16-7-4-3-6-15(16)14-19-20-17(24)18-8-5-9-21-10-12-22-13-11-21/h3-4,6-7,14H,2,5,8-13H2,1H3,(H2,18,20,24)/b19-14-. The quantitative estimate of drug-likeness (QED) is 0.321. The minimum absolute atomic E-state index is 0.530. The number of rotatable bonds is 8. The molecule has 132 valence electrons. The van der Waals surface area contributed by atoms with Crippen LogP contribution in [-0.2, 0) is 4.74 Å². The van der Waals surface area contributed by atoms with Gasteiger partial charge in [-0.25, -0.2) is 0 Å². The van der Waals surface area contributed by atoms with Crippen molar-refractivity contribution in [1.82, 2.24) is 15.6 Å². The van der Waals surface area contributed by atoms with Crippen molar-refractivity contribution in [2.75, 3.05) is 46.0 Å². The fourth-order valence-corrected chi connectivity index (χ4v) is 2.56. The van der Waals surface area contributed by atoms with Crippen LogP contribution in [0.25, 0.3) is 0 Å². The highest BCUT2D eigenvalue weighted by Gasteiger charge is 2.09. The molecule has 0 unspecified atom stereocenters. The van der Waals surface area contributed by atoms with Gasteiger partial charge < -0.3 is 14.8 Å². The predicted octanol–water partition coefficient (Wildman–Crippen LogP) is 1.61. The maximum atomic E-state index is 5.55. The lowest BCUT2D eigenvalue weighted by molar-refractivity contribution is 0.0376. The van der Waals surface area contributed by atoms with Gasteiger partial charge in [0.1, 0.15) is 5.75 Å². The van der Waals surface area contributed by atoms with Gasteiger partial charge >= 0.3 is 0 Å². The molecule has 0 radical (unpaired) electrons. The summed E-state index contributed by atoms with van der Waals surface area (Å²) in [6.45, 7) is 8.19. The number of nitrogens with one attached hydrogen (secondary N) is 2. The van der Waals surface area contributed by atoms with Crippen LogP contribution in [0.4, 0.5) is 0 Å². The molecule has 2 rings (SSSR count). The van der Waals surface area contributed by atoms with E-state index in [1.165, 1.54) is 0 Å². The monoisotopic (exact) mass is 350 g/mol. The van der Waals surface area contributed by atoms with E-state index < -0.39 is 0 Å². The number of morpholine rings is 1. The molecule has 0 saturated carbocycles. The zero-order chi connectivity index (χ0) is 17.0. The van der Waals surface area contributed by atoms with Gasteiger partial charge in [-0.15, -0.1) is 0 Å². The molecule has 2 N–H and O–H groups in total. The average molecular weight is 350 g/mol. The van der Waals surface area contributed by atoms with Gasteiger partial charge in [0.25, 0.3) is 0 Å². The second kappa shape index (κ2) is 11.0. The summed E-state index contributed by atoms with van der Waals surface area (Å²) < 4.78 is 10.9. The molecular weight excluding hydrogens is 324 g/mol. The van der Waals surface area contributed by atoms with Crippen molar-refractivity contribution in [2.45, 2.75) is 13.3 Å². The fraction of sp³-hybridized carbons (Fsp3) is 0.529. The van der Waals surface area contributed by atoms with Crippen molar-refractivity contribution in [2.24, 2.45) is 5.10 Å². The first kappa shape index (κ1) is 18.6. The van der Waals surface area contributed by atoms with Gasteiger partial charge in [-0.2, -0.15) is 5.10 Å². The number of hydrogen-bond donors (Lipinski definition) is 2. The molecule has 7 heteroatoms. The minimum Gasteiger partial charge on any atom is -0.493 e. The SMILES string of the molecule is CCOc1ccccc1/C=N\NC(=S)NCCCN1CCOCC1. The van der Waals surface area contributed by atoms with Crippen molar-refractivity contribution in [1.29, 1.82) is 0 Å². The fourth-order valence-electron chi connectivity index (χ4n) is 2.40. The lowest BCUT2D eigenvalue weighted by atomic mass is 10.2. The van der Waals surface area contributed by atoms with Crippen LogP contribution in [0.15, 0.2) is 29.4 Å². The molecule has 0 spiro atoms. The molecule has 0 amide bonds. The molecule has 1 aromatic rings. The average Bonchev–Trinajstić information content (AvgIpc) is 2.61. The van der Waals surface area contributed by atoms with Crippen LogP contribution in [0.3, 0.4) is 0 Å². The molecule has 0 bridgehead atoms. The Hall–Kier alpha value is -1.70. The molecule has 1 aliphatic rings. The van der Waals surface area contributed by atoms with Gasteiger partial charge in [0, 0.05) is 25.2 Å². The zero-order valence-corrected chi connectivity index (χ0v) is 15.0. The Bertz CT molecular complexity index is 533. The Kier molecular flexibility index (Phi) is 8.51. The topological polar surface area (TPSA) is 58.1 Å². The molecular formula is C17H26N4O2S. The van der Waals surface area contributed by atoms with Crippen molar-refractivity contribution in [3.05, 3.63) is 29.8 Å².